The molecular formula is C17H16FN3O2. The van der Waals surface area contributed by atoms with Gasteiger partial charge in [-0.15, -0.1) is 0 Å². The molecule has 118 valence electrons. The van der Waals surface area contributed by atoms with Gasteiger partial charge in [-0.3, -0.25) is 4.79 Å². The minimum Gasteiger partial charge on any atom is -0.459 e. The Morgan fingerprint density at radius 3 is 2.78 bits per heavy atom. The summed E-state index contributed by atoms with van der Waals surface area (Å²) in [7, 11) is 0. The van der Waals surface area contributed by atoms with Crippen LogP contribution >= 0.6 is 0 Å². The Balaban J connectivity index is 1.73. The van der Waals surface area contributed by atoms with Gasteiger partial charge in [0.1, 0.15) is 11.6 Å². The zero-order valence-electron chi connectivity index (χ0n) is 12.8. The van der Waals surface area contributed by atoms with Crippen molar-refractivity contribution >= 4 is 5.91 Å². The third kappa shape index (κ3) is 3.01. The smallest absolute Gasteiger partial charge is 0.287 e. The van der Waals surface area contributed by atoms with E-state index in [2.05, 4.69) is 10.3 Å². The minimum atomic E-state index is -0.368. The molecule has 0 aliphatic rings. The van der Waals surface area contributed by atoms with Crippen molar-refractivity contribution in [2.45, 2.75) is 20.4 Å². The Morgan fingerprint density at radius 1 is 1.35 bits per heavy atom. The molecule has 2 aromatic heterocycles. The Labute approximate surface area is 132 Å². The lowest BCUT2D eigenvalue weighted by Crippen LogP contribution is -2.23. The number of halogens is 1. The fourth-order valence-electron chi connectivity index (χ4n) is 2.36. The Bertz CT molecular complexity index is 851. The molecule has 0 spiro atoms. The molecule has 6 heteroatoms. The highest BCUT2D eigenvalue weighted by Crippen LogP contribution is 2.17. The number of benzene rings is 1. The molecular weight excluding hydrogens is 297 g/mol. The van der Waals surface area contributed by atoms with Gasteiger partial charge in [0.2, 0.25) is 0 Å². The summed E-state index contributed by atoms with van der Waals surface area (Å²) in [5, 5.41) is 2.72. The van der Waals surface area contributed by atoms with Crippen LogP contribution in [0.3, 0.4) is 0 Å². The first-order valence-electron chi connectivity index (χ1n) is 7.17. The zero-order valence-corrected chi connectivity index (χ0v) is 12.8. The summed E-state index contributed by atoms with van der Waals surface area (Å²) >= 11 is 0. The van der Waals surface area contributed by atoms with Gasteiger partial charge in [-0.2, -0.15) is 0 Å². The van der Waals surface area contributed by atoms with Gasteiger partial charge in [0, 0.05) is 24.5 Å². The maximum absolute atomic E-state index is 14.3. The number of nitrogens with one attached hydrogen (secondary N) is 1. The van der Waals surface area contributed by atoms with Crippen molar-refractivity contribution in [3.63, 3.8) is 0 Å². The van der Waals surface area contributed by atoms with Crippen LogP contribution in [0.5, 0.6) is 0 Å². The van der Waals surface area contributed by atoms with Crippen LogP contribution in [0.2, 0.25) is 0 Å². The summed E-state index contributed by atoms with van der Waals surface area (Å²) < 4.78 is 21.1. The third-order valence-corrected chi connectivity index (χ3v) is 3.62. The molecule has 0 aliphatic heterocycles. The molecule has 0 radical (unpaired) electrons. The fourth-order valence-corrected chi connectivity index (χ4v) is 2.36. The molecule has 0 unspecified atom stereocenters. The average Bonchev–Trinajstić information content (AvgIpc) is 3.13. The van der Waals surface area contributed by atoms with E-state index in [-0.39, 0.29) is 24.0 Å². The lowest BCUT2D eigenvalue weighted by atomic mass is 10.2. The van der Waals surface area contributed by atoms with Crippen molar-refractivity contribution in [1.29, 1.82) is 0 Å². The van der Waals surface area contributed by atoms with Crippen molar-refractivity contribution in [3.8, 4) is 5.69 Å². The van der Waals surface area contributed by atoms with Gasteiger partial charge in [0.25, 0.3) is 5.91 Å². The van der Waals surface area contributed by atoms with E-state index >= 15 is 0 Å². The van der Waals surface area contributed by atoms with Crippen LogP contribution in [0.25, 0.3) is 5.69 Å². The first-order chi connectivity index (χ1) is 11.1. The predicted molar refractivity (Wildman–Crippen MR) is 82.9 cm³/mol. The SMILES string of the molecule is Cc1ccoc1C(=O)NCc1ccc(-n2ccnc2C)c(F)c1. The van der Waals surface area contributed by atoms with Crippen LogP contribution in [-0.4, -0.2) is 15.5 Å². The van der Waals surface area contributed by atoms with E-state index in [0.717, 1.165) is 5.56 Å². The molecule has 0 bridgehead atoms. The summed E-state index contributed by atoms with van der Waals surface area (Å²) in [4.78, 5) is 16.1. The van der Waals surface area contributed by atoms with Crippen LogP contribution in [0, 0.1) is 19.7 Å². The molecule has 0 aliphatic carbocycles. The number of carbonyl (C=O) groups is 1. The van der Waals surface area contributed by atoms with E-state index in [4.69, 9.17) is 4.42 Å². The first-order valence-corrected chi connectivity index (χ1v) is 7.17. The van der Waals surface area contributed by atoms with Gasteiger partial charge in [-0.05, 0) is 37.6 Å². The molecule has 1 aromatic carbocycles. The lowest BCUT2D eigenvalue weighted by molar-refractivity contribution is 0.0922. The maximum Gasteiger partial charge on any atom is 0.287 e. The van der Waals surface area contributed by atoms with Crippen LogP contribution in [0.15, 0.2) is 47.3 Å². The molecule has 0 atom stereocenters. The van der Waals surface area contributed by atoms with Crippen LogP contribution in [-0.2, 0) is 6.54 Å². The summed E-state index contributed by atoms with van der Waals surface area (Å²) in [5.74, 6) is 0.295. The Hall–Kier alpha value is -2.89. The van der Waals surface area contributed by atoms with Gasteiger partial charge in [0.05, 0.1) is 12.0 Å². The second-order valence-corrected chi connectivity index (χ2v) is 5.25. The van der Waals surface area contributed by atoms with E-state index in [1.54, 1.807) is 49.0 Å². The fraction of sp³-hybridized carbons (Fsp3) is 0.176. The molecule has 3 aromatic rings. The monoisotopic (exact) mass is 313 g/mol. The number of carbonyl (C=O) groups excluding carboxylic acids is 1. The Morgan fingerprint density at radius 2 is 2.17 bits per heavy atom. The normalized spacial score (nSPS) is 10.7. The maximum atomic E-state index is 14.3. The lowest BCUT2D eigenvalue weighted by Gasteiger charge is -2.09. The van der Waals surface area contributed by atoms with Crippen molar-refractivity contribution in [2.75, 3.05) is 0 Å². The highest BCUT2D eigenvalue weighted by molar-refractivity contribution is 5.92. The number of rotatable bonds is 4. The van der Waals surface area contributed by atoms with Crippen molar-refractivity contribution < 1.29 is 13.6 Å². The van der Waals surface area contributed by atoms with E-state index in [0.29, 0.717) is 17.1 Å². The van der Waals surface area contributed by atoms with Gasteiger partial charge >= 0.3 is 0 Å². The molecule has 3 rings (SSSR count). The van der Waals surface area contributed by atoms with Gasteiger partial charge in [-0.1, -0.05) is 6.07 Å². The molecule has 2 heterocycles. The number of aromatic nitrogens is 2. The van der Waals surface area contributed by atoms with Crippen molar-refractivity contribution in [1.82, 2.24) is 14.9 Å². The second-order valence-electron chi connectivity index (χ2n) is 5.25. The standard InChI is InChI=1S/C17H16FN3O2/c1-11-5-8-23-16(11)17(22)20-10-13-3-4-15(14(18)9-13)21-7-6-19-12(21)2/h3-9H,10H2,1-2H3,(H,20,22). The van der Waals surface area contributed by atoms with Crippen LogP contribution in [0.4, 0.5) is 4.39 Å². The molecule has 0 saturated carbocycles. The zero-order chi connectivity index (χ0) is 16.4. The largest absolute Gasteiger partial charge is 0.459 e. The summed E-state index contributed by atoms with van der Waals surface area (Å²) in [6.07, 6.45) is 4.79. The van der Waals surface area contributed by atoms with Crippen molar-refractivity contribution in [2.24, 2.45) is 0 Å². The molecule has 5 nitrogen and oxygen atoms in total. The number of amides is 1. The Kier molecular flexibility index (Phi) is 3.97. The average molecular weight is 313 g/mol. The summed E-state index contributed by atoms with van der Waals surface area (Å²) in [6, 6.07) is 6.57. The van der Waals surface area contributed by atoms with Gasteiger partial charge in [0.15, 0.2) is 5.76 Å². The van der Waals surface area contributed by atoms with Crippen molar-refractivity contribution in [3.05, 3.63) is 71.5 Å². The predicted octanol–water partition coefficient (Wildman–Crippen LogP) is 3.15. The quantitative estimate of drug-likeness (QED) is 0.805. The van der Waals surface area contributed by atoms with Gasteiger partial charge in [-0.25, -0.2) is 9.37 Å². The van der Waals surface area contributed by atoms with Crippen LogP contribution < -0.4 is 5.32 Å². The summed E-state index contributed by atoms with van der Waals surface area (Å²) in [5.41, 5.74) is 1.86. The number of hydrogen-bond donors (Lipinski definition) is 1. The molecule has 1 amide bonds. The molecule has 1 N–H and O–H groups in total. The molecule has 23 heavy (non-hydrogen) atoms. The number of aryl methyl sites for hydroxylation is 2. The second kappa shape index (κ2) is 6.08. The van der Waals surface area contributed by atoms with E-state index in [1.807, 2.05) is 0 Å². The minimum absolute atomic E-state index is 0.221. The number of imidazole rings is 1. The number of furan rings is 1. The van der Waals surface area contributed by atoms with Gasteiger partial charge < -0.3 is 14.3 Å². The molecule has 0 saturated heterocycles. The highest BCUT2D eigenvalue weighted by atomic mass is 19.1. The summed E-state index contributed by atoms with van der Waals surface area (Å²) in [6.45, 7) is 3.82. The molecule has 0 fully saturated rings. The van der Waals surface area contributed by atoms with E-state index in [1.165, 1.54) is 12.3 Å². The third-order valence-electron chi connectivity index (χ3n) is 3.62. The van der Waals surface area contributed by atoms with E-state index in [9.17, 15) is 9.18 Å². The number of nitrogens with zero attached hydrogens (tertiary/aromatic N) is 2. The van der Waals surface area contributed by atoms with E-state index < -0.39 is 0 Å². The topological polar surface area (TPSA) is 60.1 Å². The van der Waals surface area contributed by atoms with Crippen LogP contribution in [0.1, 0.15) is 27.5 Å². The highest BCUT2D eigenvalue weighted by Gasteiger charge is 2.13. The number of hydrogen-bond acceptors (Lipinski definition) is 3. The first kappa shape index (κ1) is 15.0.